The van der Waals surface area contributed by atoms with Crippen LogP contribution in [-0.2, 0) is 4.79 Å². The van der Waals surface area contributed by atoms with Crippen LogP contribution in [0, 0.1) is 0 Å². The van der Waals surface area contributed by atoms with Crippen molar-refractivity contribution in [2.24, 2.45) is 0 Å². The first-order chi connectivity index (χ1) is 17.2. The number of hydrogen-bond donors (Lipinski definition) is 1. The highest BCUT2D eigenvalue weighted by molar-refractivity contribution is 7.22. The van der Waals surface area contributed by atoms with Crippen LogP contribution in [-0.4, -0.2) is 37.6 Å². The fourth-order valence-electron chi connectivity index (χ4n) is 4.11. The normalized spacial score (nSPS) is 15.1. The molecule has 3 heterocycles. The van der Waals surface area contributed by atoms with E-state index in [0.717, 1.165) is 27.0 Å². The molecular formula is C25H18ClN7OS. The van der Waals surface area contributed by atoms with Gasteiger partial charge in [-0.3, -0.25) is 9.69 Å². The van der Waals surface area contributed by atoms with Gasteiger partial charge in [0.15, 0.2) is 5.13 Å². The molecule has 1 amide bonds. The summed E-state index contributed by atoms with van der Waals surface area (Å²) in [5, 5.41) is 16.6. The number of nitrogens with zero attached hydrogens (tertiary/aromatic N) is 6. The highest BCUT2D eigenvalue weighted by atomic mass is 35.5. The second-order valence-electron chi connectivity index (χ2n) is 7.96. The monoisotopic (exact) mass is 499 g/mol. The zero-order chi connectivity index (χ0) is 23.8. The number of anilines is 2. The first kappa shape index (κ1) is 21.5. The third-order valence-electron chi connectivity index (χ3n) is 5.71. The minimum Gasteiger partial charge on any atom is -0.300 e. The predicted molar refractivity (Wildman–Crippen MR) is 137 cm³/mol. The molecule has 0 aliphatic carbocycles. The minimum absolute atomic E-state index is 0.0182. The molecule has 8 nitrogen and oxygen atoms in total. The van der Waals surface area contributed by atoms with E-state index in [0.29, 0.717) is 16.1 Å². The number of fused-ring (bicyclic) bond motifs is 2. The molecule has 0 unspecified atom stereocenters. The molecule has 10 heteroatoms. The fourth-order valence-corrected chi connectivity index (χ4v) is 5.11. The Hall–Kier alpha value is -4.08. The zero-order valence-corrected chi connectivity index (χ0v) is 19.8. The Morgan fingerprint density at radius 3 is 2.57 bits per heavy atom. The van der Waals surface area contributed by atoms with E-state index in [1.54, 1.807) is 4.68 Å². The number of nitrogens with one attached hydrogen (secondary N) is 1. The summed E-state index contributed by atoms with van der Waals surface area (Å²) in [4.78, 5) is 19.5. The topological polar surface area (TPSA) is 88.8 Å². The van der Waals surface area contributed by atoms with E-state index in [4.69, 9.17) is 11.6 Å². The number of rotatable bonds is 5. The van der Waals surface area contributed by atoms with Crippen molar-refractivity contribution in [2.45, 2.75) is 6.04 Å². The molecule has 35 heavy (non-hydrogen) atoms. The number of amides is 1. The SMILES string of the molecule is O=C(CN1C(c2ccccc2)=C[C@H](c2ccc(Cl)cc2)n2nnnc21)Nc1nc2ccccc2s1. The van der Waals surface area contributed by atoms with Crippen LogP contribution in [0.25, 0.3) is 15.9 Å². The third kappa shape index (κ3) is 4.16. The third-order valence-corrected chi connectivity index (χ3v) is 6.91. The Morgan fingerprint density at radius 2 is 1.77 bits per heavy atom. The number of carbonyl (C=O) groups is 1. The number of carbonyl (C=O) groups excluding carboxylic acids is 1. The Bertz CT molecular complexity index is 1510. The molecule has 0 fully saturated rings. The lowest BCUT2D eigenvalue weighted by Gasteiger charge is -2.32. The standard InChI is InChI=1S/C25H18ClN7OS/c26-18-12-10-17(11-13-18)21-14-20(16-6-2-1-3-7-16)32(25-29-30-31-33(21)25)15-23(34)28-24-27-19-8-4-5-9-22(19)35-24/h1-14,21H,15H2,(H,27,28,34)/t21-/m1/s1. The molecule has 5 aromatic rings. The van der Waals surface area contributed by atoms with Crippen molar-refractivity contribution < 1.29 is 4.79 Å². The van der Waals surface area contributed by atoms with E-state index in [2.05, 4.69) is 31.9 Å². The number of allylic oxidation sites excluding steroid dienone is 1. The van der Waals surface area contributed by atoms with E-state index < -0.39 is 0 Å². The molecule has 6 rings (SSSR count). The van der Waals surface area contributed by atoms with E-state index in [1.165, 1.54) is 11.3 Å². The summed E-state index contributed by atoms with van der Waals surface area (Å²) in [6, 6.07) is 25.0. The van der Waals surface area contributed by atoms with Gasteiger partial charge in [0.05, 0.1) is 15.9 Å². The maximum absolute atomic E-state index is 13.1. The van der Waals surface area contributed by atoms with Crippen LogP contribution < -0.4 is 10.2 Å². The van der Waals surface area contributed by atoms with Gasteiger partial charge in [-0.05, 0) is 51.9 Å². The van der Waals surface area contributed by atoms with Crippen molar-refractivity contribution in [2.75, 3.05) is 16.8 Å². The molecule has 0 bridgehead atoms. The van der Waals surface area contributed by atoms with Gasteiger partial charge in [0.25, 0.3) is 5.95 Å². The van der Waals surface area contributed by atoms with Crippen molar-refractivity contribution in [3.05, 3.63) is 101 Å². The minimum atomic E-state index is -0.254. The number of aromatic nitrogens is 5. The van der Waals surface area contributed by atoms with Crippen LogP contribution in [0.3, 0.4) is 0 Å². The zero-order valence-electron chi connectivity index (χ0n) is 18.2. The molecule has 3 aromatic carbocycles. The molecule has 1 aliphatic rings. The van der Waals surface area contributed by atoms with E-state index in [-0.39, 0.29) is 18.5 Å². The molecule has 2 aromatic heterocycles. The van der Waals surface area contributed by atoms with Gasteiger partial charge in [0.1, 0.15) is 12.6 Å². The van der Waals surface area contributed by atoms with Crippen LogP contribution in [0.2, 0.25) is 5.02 Å². The number of hydrogen-bond acceptors (Lipinski definition) is 7. The van der Waals surface area contributed by atoms with Crippen molar-refractivity contribution in [3.8, 4) is 0 Å². The fraction of sp³-hybridized carbons (Fsp3) is 0.0800. The first-order valence-electron chi connectivity index (χ1n) is 10.9. The average molecular weight is 500 g/mol. The Labute approximate surface area is 209 Å². The lowest BCUT2D eigenvalue weighted by Crippen LogP contribution is -2.37. The molecule has 1 aliphatic heterocycles. The lowest BCUT2D eigenvalue weighted by atomic mass is 10.0. The van der Waals surface area contributed by atoms with Gasteiger partial charge in [0.2, 0.25) is 5.91 Å². The van der Waals surface area contributed by atoms with Crippen molar-refractivity contribution in [1.29, 1.82) is 0 Å². The number of thiazole rings is 1. The van der Waals surface area contributed by atoms with Crippen LogP contribution in [0.4, 0.5) is 11.1 Å². The van der Waals surface area contributed by atoms with Crippen LogP contribution >= 0.6 is 22.9 Å². The second kappa shape index (κ2) is 8.94. The average Bonchev–Trinajstić information content (AvgIpc) is 3.52. The highest BCUT2D eigenvalue weighted by Crippen LogP contribution is 2.36. The van der Waals surface area contributed by atoms with Gasteiger partial charge in [-0.2, -0.15) is 4.68 Å². The summed E-state index contributed by atoms with van der Waals surface area (Å²) >= 11 is 7.55. The summed E-state index contributed by atoms with van der Waals surface area (Å²) in [5.41, 5.74) is 3.63. The molecular weight excluding hydrogens is 482 g/mol. The summed E-state index contributed by atoms with van der Waals surface area (Å²) in [7, 11) is 0. The van der Waals surface area contributed by atoms with E-state index >= 15 is 0 Å². The maximum Gasteiger partial charge on any atom is 0.251 e. The number of para-hydroxylation sites is 1. The smallest absolute Gasteiger partial charge is 0.251 e. The Morgan fingerprint density at radius 1 is 1.00 bits per heavy atom. The van der Waals surface area contributed by atoms with Crippen molar-refractivity contribution in [1.82, 2.24) is 25.2 Å². The summed E-state index contributed by atoms with van der Waals surface area (Å²) < 4.78 is 2.72. The van der Waals surface area contributed by atoms with Crippen LogP contribution in [0.1, 0.15) is 17.2 Å². The molecule has 0 radical (unpaired) electrons. The molecule has 0 saturated carbocycles. The molecule has 172 valence electrons. The first-order valence-corrected chi connectivity index (χ1v) is 12.1. The number of halogens is 1. The van der Waals surface area contributed by atoms with Gasteiger partial charge in [-0.1, -0.05) is 82.6 Å². The van der Waals surface area contributed by atoms with Crippen molar-refractivity contribution in [3.63, 3.8) is 0 Å². The number of benzene rings is 3. The summed E-state index contributed by atoms with van der Waals surface area (Å²) in [5.74, 6) is 0.260. The Kier molecular flexibility index (Phi) is 5.48. The van der Waals surface area contributed by atoms with E-state index in [1.807, 2.05) is 83.8 Å². The molecule has 0 spiro atoms. The maximum atomic E-state index is 13.1. The molecule has 1 N–H and O–H groups in total. The largest absolute Gasteiger partial charge is 0.300 e. The lowest BCUT2D eigenvalue weighted by molar-refractivity contribution is -0.114. The van der Waals surface area contributed by atoms with Crippen LogP contribution in [0.15, 0.2) is 84.9 Å². The van der Waals surface area contributed by atoms with E-state index in [9.17, 15) is 4.79 Å². The van der Waals surface area contributed by atoms with Gasteiger partial charge in [0, 0.05) is 5.02 Å². The summed E-state index contributed by atoms with van der Waals surface area (Å²) in [6.45, 7) is 0.0182. The highest BCUT2D eigenvalue weighted by Gasteiger charge is 2.32. The quantitative estimate of drug-likeness (QED) is 0.365. The van der Waals surface area contributed by atoms with Gasteiger partial charge >= 0.3 is 0 Å². The predicted octanol–water partition coefficient (Wildman–Crippen LogP) is 5.03. The van der Waals surface area contributed by atoms with Gasteiger partial charge < -0.3 is 5.32 Å². The Balaban J connectivity index is 1.36. The van der Waals surface area contributed by atoms with Gasteiger partial charge in [-0.25, -0.2) is 4.98 Å². The molecule has 0 saturated heterocycles. The van der Waals surface area contributed by atoms with Crippen LogP contribution in [0.5, 0.6) is 0 Å². The molecule has 1 atom stereocenters. The second-order valence-corrected chi connectivity index (χ2v) is 9.43. The van der Waals surface area contributed by atoms with Gasteiger partial charge in [-0.15, -0.1) is 0 Å². The number of tetrazole rings is 1. The summed E-state index contributed by atoms with van der Waals surface area (Å²) in [6.07, 6.45) is 2.06. The van der Waals surface area contributed by atoms with Crippen molar-refractivity contribution >= 4 is 55.8 Å².